The van der Waals surface area contributed by atoms with Crippen LogP contribution < -0.4 is 15.7 Å². The molecule has 0 fully saturated rings. The summed E-state index contributed by atoms with van der Waals surface area (Å²) in [5.41, 5.74) is 1.55. The maximum Gasteiger partial charge on any atom is 0.349 e. The van der Waals surface area contributed by atoms with E-state index in [1.165, 1.54) is 6.07 Å². The molecule has 0 bridgehead atoms. The Morgan fingerprint density at radius 3 is 2.66 bits per heavy atom. The maximum absolute atomic E-state index is 12.7. The fraction of sp³-hybridized carbons (Fsp3) is 0.136. The zero-order chi connectivity index (χ0) is 20.4. The Kier molecular flexibility index (Phi) is 4.87. The highest BCUT2D eigenvalue weighted by Gasteiger charge is 2.17. The van der Waals surface area contributed by atoms with Crippen LogP contribution in [-0.4, -0.2) is 22.6 Å². The zero-order valence-corrected chi connectivity index (χ0v) is 16.0. The van der Waals surface area contributed by atoms with E-state index in [9.17, 15) is 9.59 Å². The number of carbonyl (C=O) groups excluding carboxylic acids is 1. The first-order valence-electron chi connectivity index (χ1n) is 9.06. The number of fused-ring (bicyclic) bond motifs is 1. The number of nitrogens with one attached hydrogen (secondary N) is 1. The number of methoxy groups -OCH3 is 1. The average Bonchev–Trinajstić information content (AvgIpc) is 3.28. The van der Waals surface area contributed by atoms with Crippen LogP contribution in [0.5, 0.6) is 5.75 Å². The van der Waals surface area contributed by atoms with Gasteiger partial charge in [0.15, 0.2) is 0 Å². The van der Waals surface area contributed by atoms with Crippen LogP contribution in [0.15, 0.2) is 76.5 Å². The van der Waals surface area contributed by atoms with E-state index in [2.05, 4.69) is 10.3 Å². The number of ether oxygens (including phenoxy) is 1. The molecule has 146 valence electrons. The van der Waals surface area contributed by atoms with Gasteiger partial charge in [-0.3, -0.25) is 4.79 Å². The van der Waals surface area contributed by atoms with Crippen LogP contribution in [0.2, 0.25) is 0 Å². The maximum atomic E-state index is 12.7. The molecule has 4 aromatic rings. The summed E-state index contributed by atoms with van der Waals surface area (Å²) in [4.78, 5) is 29.0. The number of nitrogens with zero attached hydrogens (tertiary/aromatic N) is 2. The Balaban J connectivity index is 1.55. The molecule has 1 amide bonds. The van der Waals surface area contributed by atoms with Crippen molar-refractivity contribution in [3.8, 4) is 11.4 Å². The molecular weight excluding hydrogens is 370 g/mol. The van der Waals surface area contributed by atoms with Crippen molar-refractivity contribution in [3.63, 3.8) is 0 Å². The molecule has 2 aromatic carbocycles. The molecule has 29 heavy (non-hydrogen) atoms. The lowest BCUT2D eigenvalue weighted by molar-refractivity contribution is 0.0936. The summed E-state index contributed by atoms with van der Waals surface area (Å²) in [6.45, 7) is 1.86. The second kappa shape index (κ2) is 7.63. The summed E-state index contributed by atoms with van der Waals surface area (Å²) in [6, 6.07) is 14.0. The van der Waals surface area contributed by atoms with Crippen LogP contribution in [0.1, 0.15) is 28.9 Å². The molecule has 0 spiro atoms. The summed E-state index contributed by atoms with van der Waals surface area (Å²) in [6.07, 6.45) is 5.28. The number of aromatic nitrogens is 2. The number of amides is 1. The van der Waals surface area contributed by atoms with E-state index >= 15 is 0 Å². The molecule has 1 N–H and O–H groups in total. The van der Waals surface area contributed by atoms with Crippen LogP contribution in [0.3, 0.4) is 0 Å². The Labute approximate surface area is 166 Å². The first kappa shape index (κ1) is 18.5. The van der Waals surface area contributed by atoms with Crippen LogP contribution >= 0.6 is 0 Å². The molecule has 0 unspecified atom stereocenters. The van der Waals surface area contributed by atoms with Crippen molar-refractivity contribution in [2.24, 2.45) is 0 Å². The number of carbonyl (C=O) groups is 1. The summed E-state index contributed by atoms with van der Waals surface area (Å²) in [7, 11) is 1.55. The van der Waals surface area contributed by atoms with Crippen LogP contribution in [0.4, 0.5) is 0 Å². The second-order valence-electron chi connectivity index (χ2n) is 6.61. The van der Waals surface area contributed by atoms with E-state index < -0.39 is 11.5 Å². The van der Waals surface area contributed by atoms with Crippen molar-refractivity contribution in [1.82, 2.24) is 14.9 Å². The number of benzene rings is 2. The van der Waals surface area contributed by atoms with Crippen LogP contribution in [0.25, 0.3) is 16.7 Å². The Bertz CT molecular complexity index is 1210. The number of hydrogen-bond donors (Lipinski definition) is 1. The highest BCUT2D eigenvalue weighted by molar-refractivity contribution is 5.97. The highest BCUT2D eigenvalue weighted by Crippen LogP contribution is 2.21. The zero-order valence-electron chi connectivity index (χ0n) is 16.0. The first-order chi connectivity index (χ1) is 14.0. The quantitative estimate of drug-likeness (QED) is 0.528. The molecule has 7 nitrogen and oxygen atoms in total. The van der Waals surface area contributed by atoms with Gasteiger partial charge in [0, 0.05) is 23.5 Å². The Hall–Kier alpha value is -3.87. The smallest absolute Gasteiger partial charge is 0.349 e. The third-order valence-corrected chi connectivity index (χ3v) is 4.73. The molecule has 0 aliphatic heterocycles. The van der Waals surface area contributed by atoms with Gasteiger partial charge >= 0.3 is 5.63 Å². The molecule has 7 heteroatoms. The predicted molar refractivity (Wildman–Crippen MR) is 108 cm³/mol. The van der Waals surface area contributed by atoms with Crippen molar-refractivity contribution in [2.75, 3.05) is 7.11 Å². The van der Waals surface area contributed by atoms with Crippen molar-refractivity contribution in [2.45, 2.75) is 13.0 Å². The lowest BCUT2D eigenvalue weighted by atomic mass is 10.1. The van der Waals surface area contributed by atoms with E-state index in [0.717, 1.165) is 11.3 Å². The van der Waals surface area contributed by atoms with Gasteiger partial charge in [0.1, 0.15) is 16.9 Å². The second-order valence-corrected chi connectivity index (χ2v) is 6.61. The third kappa shape index (κ3) is 3.75. The minimum atomic E-state index is -0.678. The highest BCUT2D eigenvalue weighted by atomic mass is 16.5. The minimum absolute atomic E-state index is 0.0485. The summed E-state index contributed by atoms with van der Waals surface area (Å²) in [5.74, 6) is 0.124. The Morgan fingerprint density at radius 1 is 1.17 bits per heavy atom. The van der Waals surface area contributed by atoms with Crippen LogP contribution in [0, 0.1) is 0 Å². The van der Waals surface area contributed by atoms with Gasteiger partial charge in [-0.15, -0.1) is 0 Å². The van der Waals surface area contributed by atoms with Crippen molar-refractivity contribution in [1.29, 1.82) is 0 Å². The SMILES string of the molecule is COc1ccc2oc(=O)c(C(=O)N[C@H](C)c3ccc(-n4ccnc4)cc3)cc2c1. The molecule has 0 saturated carbocycles. The van der Waals surface area contributed by atoms with Gasteiger partial charge < -0.3 is 19.0 Å². The van der Waals surface area contributed by atoms with Gasteiger partial charge in [-0.1, -0.05) is 12.1 Å². The molecule has 4 rings (SSSR count). The number of imidazole rings is 1. The summed E-state index contributed by atoms with van der Waals surface area (Å²) in [5, 5.41) is 3.47. The number of rotatable bonds is 5. The van der Waals surface area contributed by atoms with Gasteiger partial charge in [-0.25, -0.2) is 9.78 Å². The lowest BCUT2D eigenvalue weighted by Crippen LogP contribution is -2.30. The molecule has 0 saturated heterocycles. The first-order valence-corrected chi connectivity index (χ1v) is 9.06. The Morgan fingerprint density at radius 2 is 1.97 bits per heavy atom. The monoisotopic (exact) mass is 389 g/mol. The normalized spacial score (nSPS) is 11.9. The minimum Gasteiger partial charge on any atom is -0.497 e. The number of hydrogen-bond acceptors (Lipinski definition) is 5. The molecule has 0 aliphatic carbocycles. The van der Waals surface area contributed by atoms with Crippen molar-refractivity contribution in [3.05, 3.63) is 88.8 Å². The largest absolute Gasteiger partial charge is 0.497 e. The van der Waals surface area contributed by atoms with Gasteiger partial charge in [0.2, 0.25) is 0 Å². The average molecular weight is 389 g/mol. The molecule has 2 heterocycles. The van der Waals surface area contributed by atoms with Crippen molar-refractivity contribution < 1.29 is 13.9 Å². The third-order valence-electron chi connectivity index (χ3n) is 4.73. The predicted octanol–water partition coefficient (Wildman–Crippen LogP) is 3.48. The van der Waals surface area contributed by atoms with Gasteiger partial charge in [0.25, 0.3) is 5.91 Å². The molecule has 1 atom stereocenters. The summed E-state index contributed by atoms with van der Waals surface area (Å²) < 4.78 is 12.4. The lowest BCUT2D eigenvalue weighted by Gasteiger charge is -2.15. The topological polar surface area (TPSA) is 86.4 Å². The molecule has 0 radical (unpaired) electrons. The van der Waals surface area contributed by atoms with Gasteiger partial charge in [-0.05, 0) is 48.9 Å². The molecular formula is C22H19N3O4. The van der Waals surface area contributed by atoms with E-state index in [-0.39, 0.29) is 11.6 Å². The van der Waals surface area contributed by atoms with E-state index in [1.54, 1.807) is 37.8 Å². The summed E-state index contributed by atoms with van der Waals surface area (Å²) >= 11 is 0. The standard InChI is InChI=1S/C22H19N3O4/c1-14(15-3-5-17(6-4-15)25-10-9-23-13-25)24-21(26)19-12-16-11-18(28-2)7-8-20(16)29-22(19)27/h3-14H,1-2H3,(H,24,26)/t14-/m1/s1. The van der Waals surface area contributed by atoms with Crippen LogP contribution in [-0.2, 0) is 0 Å². The van der Waals surface area contributed by atoms with E-state index in [1.807, 2.05) is 42.0 Å². The fourth-order valence-corrected chi connectivity index (χ4v) is 3.09. The fourth-order valence-electron chi connectivity index (χ4n) is 3.09. The molecule has 0 aliphatic rings. The van der Waals surface area contributed by atoms with E-state index in [0.29, 0.717) is 16.7 Å². The van der Waals surface area contributed by atoms with Gasteiger partial charge in [0.05, 0.1) is 19.5 Å². The van der Waals surface area contributed by atoms with Crippen molar-refractivity contribution >= 4 is 16.9 Å². The van der Waals surface area contributed by atoms with E-state index in [4.69, 9.17) is 9.15 Å². The molecule has 2 aromatic heterocycles. The van der Waals surface area contributed by atoms with Gasteiger partial charge in [-0.2, -0.15) is 0 Å².